The average molecular weight is 386 g/mol. The quantitative estimate of drug-likeness (QED) is 0.571. The number of fused-ring (bicyclic) bond motifs is 5. The molecule has 29 heavy (non-hydrogen) atoms. The molecule has 6 heteroatoms. The van der Waals surface area contributed by atoms with Crippen LogP contribution in [-0.4, -0.2) is 48.2 Å². The molecule has 0 atom stereocenters. The molecule has 4 aromatic rings. The van der Waals surface area contributed by atoms with E-state index in [0.717, 1.165) is 64.4 Å². The summed E-state index contributed by atoms with van der Waals surface area (Å²) in [5, 5.41) is 12.2. The number of benzene rings is 2. The number of aromatic amines is 1. The third-order valence-corrected chi connectivity index (χ3v) is 5.81. The van der Waals surface area contributed by atoms with Gasteiger partial charge in [0.25, 0.3) is 0 Å². The Balaban J connectivity index is 1.62. The zero-order chi connectivity index (χ0) is 20.0. The molecule has 0 unspecified atom stereocenters. The number of rotatable bonds is 3. The molecule has 1 N–H and O–H groups in total. The van der Waals surface area contributed by atoms with Gasteiger partial charge in [-0.3, -0.25) is 4.98 Å². The van der Waals surface area contributed by atoms with E-state index in [0.29, 0.717) is 11.3 Å². The van der Waals surface area contributed by atoms with E-state index in [1.807, 2.05) is 36.5 Å². The minimum absolute atomic E-state index is 0.193. The van der Waals surface area contributed by atoms with Gasteiger partial charge < -0.3 is 19.4 Å². The number of H-pyrrole nitrogens is 1. The number of hydrogen-bond acceptors (Lipinski definition) is 5. The summed E-state index contributed by atoms with van der Waals surface area (Å²) in [5.41, 5.74) is 3.41. The highest BCUT2D eigenvalue weighted by Crippen LogP contribution is 2.37. The van der Waals surface area contributed by atoms with Crippen molar-refractivity contribution in [2.75, 3.05) is 27.2 Å². The number of aromatic nitrogens is 2. The zero-order valence-corrected chi connectivity index (χ0v) is 16.5. The Kier molecular flexibility index (Phi) is 4.26. The number of nitrogens with one attached hydrogen (secondary N) is 1. The van der Waals surface area contributed by atoms with Crippen molar-refractivity contribution in [3.8, 4) is 17.6 Å². The van der Waals surface area contributed by atoms with Crippen molar-refractivity contribution in [1.29, 1.82) is 5.26 Å². The van der Waals surface area contributed by atoms with Crippen LogP contribution in [0.3, 0.4) is 0 Å². The standard InChI is InChI=1S/C23H22N4O2/c1-27-7-5-15(6-8-27)29-22-11-19-17(10-21(22)28-2)23-18(13-25-19)16-4-3-14(12-24)9-20(16)26-23/h3-4,9-11,13,15,26H,5-8H2,1-2H3. The van der Waals surface area contributed by atoms with Gasteiger partial charge in [0.05, 0.1) is 29.8 Å². The normalized spacial score (nSPS) is 15.8. The Morgan fingerprint density at radius 1 is 1.10 bits per heavy atom. The maximum absolute atomic E-state index is 9.18. The lowest BCUT2D eigenvalue weighted by atomic mass is 10.1. The molecule has 0 radical (unpaired) electrons. The molecular weight excluding hydrogens is 364 g/mol. The lowest BCUT2D eigenvalue weighted by Gasteiger charge is -2.29. The maximum atomic E-state index is 9.18. The minimum atomic E-state index is 0.193. The van der Waals surface area contributed by atoms with E-state index in [-0.39, 0.29) is 6.10 Å². The molecule has 3 heterocycles. The molecule has 1 aliphatic rings. The highest BCUT2D eigenvalue weighted by Gasteiger charge is 2.21. The summed E-state index contributed by atoms with van der Waals surface area (Å²) in [4.78, 5) is 10.5. The van der Waals surface area contributed by atoms with Crippen LogP contribution in [-0.2, 0) is 0 Å². The van der Waals surface area contributed by atoms with E-state index >= 15 is 0 Å². The van der Waals surface area contributed by atoms with Gasteiger partial charge in [0.2, 0.25) is 0 Å². The average Bonchev–Trinajstić information content (AvgIpc) is 3.12. The van der Waals surface area contributed by atoms with Gasteiger partial charge in [-0.1, -0.05) is 6.07 Å². The molecule has 0 saturated carbocycles. The summed E-state index contributed by atoms with van der Waals surface area (Å²) in [6.45, 7) is 2.08. The van der Waals surface area contributed by atoms with Gasteiger partial charge in [0.1, 0.15) is 6.10 Å². The summed E-state index contributed by atoms with van der Waals surface area (Å²) in [5.74, 6) is 1.45. The SMILES string of the molecule is COc1cc2c(cc1OC1CCN(C)CC1)ncc1c3ccc(C#N)cc3[nH]c21. The Morgan fingerprint density at radius 2 is 1.93 bits per heavy atom. The Morgan fingerprint density at radius 3 is 2.69 bits per heavy atom. The van der Waals surface area contributed by atoms with Crippen LogP contribution in [0.1, 0.15) is 18.4 Å². The minimum Gasteiger partial charge on any atom is -0.493 e. The van der Waals surface area contributed by atoms with Crippen molar-refractivity contribution in [2.24, 2.45) is 0 Å². The van der Waals surface area contributed by atoms with Crippen LogP contribution < -0.4 is 9.47 Å². The molecule has 0 spiro atoms. The van der Waals surface area contributed by atoms with Crippen LogP contribution in [0.2, 0.25) is 0 Å². The molecule has 0 bridgehead atoms. The van der Waals surface area contributed by atoms with Crippen molar-refractivity contribution in [3.63, 3.8) is 0 Å². The first kappa shape index (κ1) is 17.8. The molecule has 0 amide bonds. The lowest BCUT2D eigenvalue weighted by molar-refractivity contribution is 0.111. The second-order valence-corrected chi connectivity index (χ2v) is 7.68. The van der Waals surface area contributed by atoms with Gasteiger partial charge >= 0.3 is 0 Å². The number of likely N-dealkylation sites (tertiary alicyclic amines) is 1. The van der Waals surface area contributed by atoms with Crippen molar-refractivity contribution in [2.45, 2.75) is 18.9 Å². The van der Waals surface area contributed by atoms with Gasteiger partial charge in [-0.05, 0) is 38.1 Å². The Hall–Kier alpha value is -3.30. The third kappa shape index (κ3) is 3.04. The molecule has 1 aliphatic heterocycles. The van der Waals surface area contributed by atoms with Crippen LogP contribution >= 0.6 is 0 Å². The van der Waals surface area contributed by atoms with Crippen molar-refractivity contribution >= 4 is 32.7 Å². The van der Waals surface area contributed by atoms with Crippen molar-refractivity contribution in [1.82, 2.24) is 14.9 Å². The van der Waals surface area contributed by atoms with Gasteiger partial charge in [0, 0.05) is 47.0 Å². The largest absolute Gasteiger partial charge is 0.493 e. The van der Waals surface area contributed by atoms with E-state index < -0.39 is 0 Å². The van der Waals surface area contributed by atoms with Crippen molar-refractivity contribution < 1.29 is 9.47 Å². The summed E-state index contributed by atoms with van der Waals surface area (Å²) in [6.07, 6.45) is 4.09. The lowest BCUT2D eigenvalue weighted by Crippen LogP contribution is -2.35. The molecular formula is C23H22N4O2. The van der Waals surface area contributed by atoms with E-state index in [2.05, 4.69) is 28.0 Å². The second-order valence-electron chi connectivity index (χ2n) is 7.68. The van der Waals surface area contributed by atoms with E-state index in [1.165, 1.54) is 0 Å². The third-order valence-electron chi connectivity index (χ3n) is 5.81. The van der Waals surface area contributed by atoms with Crippen molar-refractivity contribution in [3.05, 3.63) is 42.1 Å². The fourth-order valence-corrected chi connectivity index (χ4v) is 4.16. The number of pyridine rings is 1. The maximum Gasteiger partial charge on any atom is 0.163 e. The molecule has 2 aromatic heterocycles. The van der Waals surface area contributed by atoms with Gasteiger partial charge in [0.15, 0.2) is 11.5 Å². The van der Waals surface area contributed by atoms with Crippen LogP contribution in [0, 0.1) is 11.3 Å². The van der Waals surface area contributed by atoms with Crippen LogP contribution in [0.15, 0.2) is 36.5 Å². The second kappa shape index (κ2) is 6.94. The van der Waals surface area contributed by atoms with E-state index in [9.17, 15) is 5.26 Å². The number of ether oxygens (including phenoxy) is 2. The molecule has 6 nitrogen and oxygen atoms in total. The molecule has 146 valence electrons. The summed E-state index contributed by atoms with van der Waals surface area (Å²) in [7, 11) is 3.81. The van der Waals surface area contributed by atoms with Crippen LogP contribution in [0.5, 0.6) is 11.5 Å². The molecule has 1 fully saturated rings. The summed E-state index contributed by atoms with van der Waals surface area (Å²) in [6, 6.07) is 11.8. The molecule has 0 aliphatic carbocycles. The Bertz CT molecular complexity index is 1260. The van der Waals surface area contributed by atoms with Gasteiger partial charge in [-0.2, -0.15) is 5.26 Å². The highest BCUT2D eigenvalue weighted by molar-refractivity contribution is 6.16. The number of methoxy groups -OCH3 is 1. The fourth-order valence-electron chi connectivity index (χ4n) is 4.16. The van der Waals surface area contributed by atoms with E-state index in [4.69, 9.17) is 9.47 Å². The van der Waals surface area contributed by atoms with Crippen LogP contribution in [0.25, 0.3) is 32.7 Å². The summed E-state index contributed by atoms with van der Waals surface area (Å²) < 4.78 is 12.0. The summed E-state index contributed by atoms with van der Waals surface area (Å²) >= 11 is 0. The molecule has 2 aromatic carbocycles. The van der Waals surface area contributed by atoms with Gasteiger partial charge in [-0.25, -0.2) is 0 Å². The zero-order valence-electron chi connectivity index (χ0n) is 16.5. The number of piperidine rings is 1. The number of hydrogen-bond donors (Lipinski definition) is 1. The monoisotopic (exact) mass is 386 g/mol. The smallest absolute Gasteiger partial charge is 0.163 e. The Labute approximate surface area is 168 Å². The fraction of sp³-hybridized carbons (Fsp3) is 0.304. The first-order valence-electron chi connectivity index (χ1n) is 9.84. The predicted molar refractivity (Wildman–Crippen MR) is 114 cm³/mol. The first-order chi connectivity index (χ1) is 14.2. The molecule has 1 saturated heterocycles. The number of nitrogens with zero attached hydrogens (tertiary/aromatic N) is 3. The van der Waals surface area contributed by atoms with E-state index in [1.54, 1.807) is 7.11 Å². The van der Waals surface area contributed by atoms with Crippen LogP contribution in [0.4, 0.5) is 0 Å². The first-order valence-corrected chi connectivity index (χ1v) is 9.84. The topological polar surface area (TPSA) is 74.2 Å². The highest BCUT2D eigenvalue weighted by atomic mass is 16.5. The molecule has 5 rings (SSSR count). The van der Waals surface area contributed by atoms with Gasteiger partial charge in [-0.15, -0.1) is 0 Å². The number of nitriles is 1. The predicted octanol–water partition coefficient (Wildman–Crippen LogP) is 4.22.